The van der Waals surface area contributed by atoms with E-state index in [2.05, 4.69) is 14.9 Å². The van der Waals surface area contributed by atoms with E-state index in [1.165, 1.54) is 0 Å². The van der Waals surface area contributed by atoms with Crippen molar-refractivity contribution >= 4 is 18.4 Å². The van der Waals surface area contributed by atoms with Crippen LogP contribution in [0, 0.1) is 0 Å². The molecule has 14 heavy (non-hydrogen) atoms. The Morgan fingerprint density at radius 3 is 2.79 bits per heavy atom. The molecule has 0 fully saturated rings. The molecule has 0 unspecified atom stereocenters. The van der Waals surface area contributed by atoms with Crippen molar-refractivity contribution in [2.45, 2.75) is 19.9 Å². The Hall–Kier alpha value is -1.14. The summed E-state index contributed by atoms with van der Waals surface area (Å²) in [6, 6.07) is -0.379. The Labute approximate surface area is 87.2 Å². The molecule has 0 aromatic carbocycles. The van der Waals surface area contributed by atoms with Gasteiger partial charge in [-0.25, -0.2) is 4.79 Å². The molecule has 1 aromatic heterocycles. The van der Waals surface area contributed by atoms with Crippen molar-refractivity contribution in [1.29, 1.82) is 0 Å². The highest BCUT2D eigenvalue weighted by molar-refractivity contribution is 5.85. The average molecular weight is 222 g/mol. The van der Waals surface area contributed by atoms with E-state index in [4.69, 9.17) is 10.3 Å². The maximum atomic E-state index is 11.0. The fourth-order valence-electron chi connectivity index (χ4n) is 0.699. The van der Waals surface area contributed by atoms with E-state index in [0.717, 1.165) is 0 Å². The molecule has 0 radical (unpaired) electrons. The molecule has 0 spiro atoms. The van der Waals surface area contributed by atoms with E-state index >= 15 is 0 Å². The molecule has 0 aliphatic heterocycles. The number of halogens is 1. The lowest BCUT2D eigenvalue weighted by atomic mass is 10.4. The van der Waals surface area contributed by atoms with Crippen LogP contribution in [0.5, 0.6) is 0 Å². The van der Waals surface area contributed by atoms with Crippen LogP contribution in [0.25, 0.3) is 0 Å². The molecular weight excluding hydrogens is 210 g/mol. The maximum Gasteiger partial charge on any atom is 0.379 e. The van der Waals surface area contributed by atoms with Crippen molar-refractivity contribution in [2.24, 2.45) is 5.73 Å². The van der Waals surface area contributed by atoms with Crippen LogP contribution in [0.1, 0.15) is 36.4 Å². The minimum absolute atomic E-state index is 0. The first kappa shape index (κ1) is 12.9. The molecule has 1 heterocycles. The number of nitrogens with two attached hydrogens (primary N) is 1. The van der Waals surface area contributed by atoms with Crippen LogP contribution in [-0.2, 0) is 4.74 Å². The maximum absolute atomic E-state index is 11.0. The minimum atomic E-state index is -0.599. The van der Waals surface area contributed by atoms with Crippen LogP contribution in [0.4, 0.5) is 0 Å². The van der Waals surface area contributed by atoms with Crippen molar-refractivity contribution in [3.63, 3.8) is 0 Å². The van der Waals surface area contributed by atoms with Gasteiger partial charge < -0.3 is 15.0 Å². The van der Waals surface area contributed by atoms with Gasteiger partial charge in [-0.1, -0.05) is 0 Å². The van der Waals surface area contributed by atoms with Gasteiger partial charge in [-0.2, -0.15) is 4.98 Å². The van der Waals surface area contributed by atoms with Gasteiger partial charge in [0, 0.05) is 0 Å². The molecular formula is C7H12ClN3O3. The number of hydrogen-bond acceptors (Lipinski definition) is 6. The van der Waals surface area contributed by atoms with Crippen molar-refractivity contribution in [3.8, 4) is 0 Å². The predicted molar refractivity (Wildman–Crippen MR) is 50.1 cm³/mol. The normalized spacial score (nSPS) is 11.6. The van der Waals surface area contributed by atoms with Gasteiger partial charge in [-0.3, -0.25) is 0 Å². The lowest BCUT2D eigenvalue weighted by molar-refractivity contribution is 0.0508. The van der Waals surface area contributed by atoms with Crippen LogP contribution in [-0.4, -0.2) is 22.7 Å². The van der Waals surface area contributed by atoms with Gasteiger partial charge in [0.25, 0.3) is 5.82 Å². The summed E-state index contributed by atoms with van der Waals surface area (Å²) in [4.78, 5) is 14.8. The lowest BCUT2D eigenvalue weighted by Crippen LogP contribution is -2.08. The van der Waals surface area contributed by atoms with E-state index in [9.17, 15) is 4.79 Å². The van der Waals surface area contributed by atoms with Gasteiger partial charge in [0.2, 0.25) is 5.89 Å². The SMILES string of the molecule is CCOC(=O)c1noc([C@H](C)N)n1.Cl. The second-order valence-electron chi connectivity index (χ2n) is 2.47. The summed E-state index contributed by atoms with van der Waals surface area (Å²) in [5.74, 6) is -0.463. The molecule has 0 amide bonds. The van der Waals surface area contributed by atoms with E-state index in [1.54, 1.807) is 13.8 Å². The number of rotatable bonds is 3. The molecule has 1 atom stereocenters. The summed E-state index contributed by atoms with van der Waals surface area (Å²) >= 11 is 0. The third-order valence-electron chi connectivity index (χ3n) is 1.29. The van der Waals surface area contributed by atoms with Gasteiger partial charge in [0.1, 0.15) is 0 Å². The molecule has 0 saturated carbocycles. The number of aromatic nitrogens is 2. The Morgan fingerprint density at radius 1 is 1.71 bits per heavy atom. The molecule has 0 bridgehead atoms. The summed E-state index contributed by atoms with van der Waals surface area (Å²) in [6.45, 7) is 3.66. The molecule has 0 aliphatic rings. The zero-order valence-electron chi connectivity index (χ0n) is 7.89. The van der Waals surface area contributed by atoms with E-state index in [-0.39, 0.29) is 36.8 Å². The first-order valence-electron chi connectivity index (χ1n) is 3.91. The van der Waals surface area contributed by atoms with Crippen molar-refractivity contribution in [2.75, 3.05) is 6.61 Å². The highest BCUT2D eigenvalue weighted by Crippen LogP contribution is 2.06. The zero-order chi connectivity index (χ0) is 9.84. The third kappa shape index (κ3) is 2.97. The van der Waals surface area contributed by atoms with Gasteiger partial charge in [-0.15, -0.1) is 12.4 Å². The fraction of sp³-hybridized carbons (Fsp3) is 0.571. The second-order valence-corrected chi connectivity index (χ2v) is 2.47. The van der Waals surface area contributed by atoms with Gasteiger partial charge >= 0.3 is 5.97 Å². The van der Waals surface area contributed by atoms with E-state index in [0.29, 0.717) is 0 Å². The molecule has 0 saturated heterocycles. The zero-order valence-corrected chi connectivity index (χ0v) is 8.71. The van der Waals surface area contributed by atoms with Crippen LogP contribution in [0.2, 0.25) is 0 Å². The summed E-state index contributed by atoms with van der Waals surface area (Å²) in [5, 5.41) is 3.42. The van der Waals surface area contributed by atoms with Crippen LogP contribution in [0.15, 0.2) is 4.52 Å². The van der Waals surface area contributed by atoms with Crippen LogP contribution >= 0.6 is 12.4 Å². The molecule has 80 valence electrons. The summed E-state index contributed by atoms with van der Waals surface area (Å²) in [6.07, 6.45) is 0. The Kier molecular flexibility index (Phi) is 5.11. The number of carbonyl (C=O) groups excluding carboxylic acids is 1. The summed E-state index contributed by atoms with van der Waals surface area (Å²) in [7, 11) is 0. The Balaban J connectivity index is 0.00000169. The molecule has 1 rings (SSSR count). The molecule has 7 heteroatoms. The minimum Gasteiger partial charge on any atom is -0.460 e. The largest absolute Gasteiger partial charge is 0.460 e. The number of carbonyl (C=O) groups is 1. The van der Waals surface area contributed by atoms with Gasteiger partial charge in [0.15, 0.2) is 0 Å². The Bertz CT molecular complexity index is 300. The van der Waals surface area contributed by atoms with E-state index in [1.807, 2.05) is 0 Å². The first-order valence-corrected chi connectivity index (χ1v) is 3.91. The molecule has 6 nitrogen and oxygen atoms in total. The topological polar surface area (TPSA) is 91.2 Å². The Morgan fingerprint density at radius 2 is 2.36 bits per heavy atom. The van der Waals surface area contributed by atoms with Crippen molar-refractivity contribution in [1.82, 2.24) is 10.1 Å². The molecule has 1 aromatic rings. The lowest BCUT2D eigenvalue weighted by Gasteiger charge is -1.94. The van der Waals surface area contributed by atoms with Crippen LogP contribution < -0.4 is 5.73 Å². The van der Waals surface area contributed by atoms with E-state index < -0.39 is 5.97 Å². The van der Waals surface area contributed by atoms with Crippen molar-refractivity contribution in [3.05, 3.63) is 11.7 Å². The average Bonchev–Trinajstić information content (AvgIpc) is 2.52. The standard InChI is InChI=1S/C7H11N3O3.ClH/c1-3-12-7(11)5-9-6(4(2)8)13-10-5;/h4H,3,8H2,1-2H3;1H/t4-;/m0./s1. The highest BCUT2D eigenvalue weighted by Gasteiger charge is 2.16. The predicted octanol–water partition coefficient (Wildman–Crippen LogP) is 0.688. The number of hydrogen-bond donors (Lipinski definition) is 1. The summed E-state index contributed by atoms with van der Waals surface area (Å²) in [5.41, 5.74) is 5.45. The molecule has 2 N–H and O–H groups in total. The first-order chi connectivity index (χ1) is 6.15. The monoisotopic (exact) mass is 221 g/mol. The highest BCUT2D eigenvalue weighted by atomic mass is 35.5. The summed E-state index contributed by atoms with van der Waals surface area (Å²) < 4.78 is 9.36. The van der Waals surface area contributed by atoms with Crippen LogP contribution in [0.3, 0.4) is 0 Å². The molecule has 0 aliphatic carbocycles. The number of ether oxygens (including phenoxy) is 1. The third-order valence-corrected chi connectivity index (χ3v) is 1.29. The second kappa shape index (κ2) is 5.56. The smallest absolute Gasteiger partial charge is 0.379 e. The fourth-order valence-corrected chi connectivity index (χ4v) is 0.699. The quantitative estimate of drug-likeness (QED) is 0.755. The van der Waals surface area contributed by atoms with Gasteiger partial charge in [0.05, 0.1) is 12.6 Å². The van der Waals surface area contributed by atoms with Crippen molar-refractivity contribution < 1.29 is 14.1 Å². The van der Waals surface area contributed by atoms with Gasteiger partial charge in [-0.05, 0) is 19.0 Å². The number of esters is 1. The number of nitrogens with zero attached hydrogens (tertiary/aromatic N) is 2.